The average molecular weight is 166 g/mol. The topological polar surface area (TPSA) is 20.2 Å². The fraction of sp³-hybridized carbons (Fsp3) is 0.636. The average Bonchev–Trinajstić information content (AvgIpc) is 2.05. The normalized spacial score (nSPS) is 31.5. The SMILES string of the molecule is C=CCC(O)C1CCC=CC1C. The highest BCUT2D eigenvalue weighted by Gasteiger charge is 2.23. The molecule has 0 heterocycles. The second-order valence-electron chi connectivity index (χ2n) is 3.62. The second-order valence-corrected chi connectivity index (χ2v) is 3.62. The third-order valence-electron chi connectivity index (χ3n) is 2.68. The maximum atomic E-state index is 9.74. The van der Waals surface area contributed by atoms with Crippen molar-refractivity contribution >= 4 is 0 Å². The quantitative estimate of drug-likeness (QED) is 0.639. The first-order valence-corrected chi connectivity index (χ1v) is 4.71. The van der Waals surface area contributed by atoms with Crippen LogP contribution < -0.4 is 0 Å². The number of aliphatic hydroxyl groups is 1. The van der Waals surface area contributed by atoms with Crippen molar-refractivity contribution in [2.45, 2.75) is 32.3 Å². The largest absolute Gasteiger partial charge is 0.392 e. The summed E-state index contributed by atoms with van der Waals surface area (Å²) in [5.41, 5.74) is 0. The molecule has 0 amide bonds. The van der Waals surface area contributed by atoms with Gasteiger partial charge in [-0.3, -0.25) is 0 Å². The Morgan fingerprint density at radius 1 is 1.75 bits per heavy atom. The van der Waals surface area contributed by atoms with Gasteiger partial charge in [0.15, 0.2) is 0 Å². The monoisotopic (exact) mass is 166 g/mol. The van der Waals surface area contributed by atoms with Crippen molar-refractivity contribution in [1.82, 2.24) is 0 Å². The fourth-order valence-corrected chi connectivity index (χ4v) is 1.89. The van der Waals surface area contributed by atoms with E-state index in [1.54, 1.807) is 6.08 Å². The summed E-state index contributed by atoms with van der Waals surface area (Å²) in [7, 11) is 0. The summed E-state index contributed by atoms with van der Waals surface area (Å²) in [6.45, 7) is 5.82. The van der Waals surface area contributed by atoms with Crippen molar-refractivity contribution in [3.63, 3.8) is 0 Å². The van der Waals surface area contributed by atoms with Crippen LogP contribution in [0.2, 0.25) is 0 Å². The Kier molecular flexibility index (Phi) is 3.54. The fourth-order valence-electron chi connectivity index (χ4n) is 1.89. The summed E-state index contributed by atoms with van der Waals surface area (Å²) in [6.07, 6.45) is 8.99. The van der Waals surface area contributed by atoms with E-state index in [1.165, 1.54) is 0 Å². The molecule has 12 heavy (non-hydrogen) atoms. The molecule has 1 aliphatic carbocycles. The smallest absolute Gasteiger partial charge is 0.0608 e. The molecule has 1 N–H and O–H groups in total. The number of allylic oxidation sites excluding steroid dienone is 2. The molecule has 0 saturated heterocycles. The minimum absolute atomic E-state index is 0.192. The molecular formula is C11H18O. The molecule has 1 aliphatic rings. The van der Waals surface area contributed by atoms with E-state index in [9.17, 15) is 5.11 Å². The van der Waals surface area contributed by atoms with Crippen molar-refractivity contribution in [1.29, 1.82) is 0 Å². The predicted molar refractivity (Wildman–Crippen MR) is 51.8 cm³/mol. The van der Waals surface area contributed by atoms with Crippen LogP contribution in [0.1, 0.15) is 26.2 Å². The molecule has 0 aliphatic heterocycles. The van der Waals surface area contributed by atoms with E-state index in [2.05, 4.69) is 25.7 Å². The first-order chi connectivity index (χ1) is 5.75. The molecule has 0 radical (unpaired) electrons. The van der Waals surface area contributed by atoms with Crippen molar-refractivity contribution < 1.29 is 5.11 Å². The van der Waals surface area contributed by atoms with Gasteiger partial charge in [0, 0.05) is 0 Å². The van der Waals surface area contributed by atoms with Crippen LogP contribution in [-0.4, -0.2) is 11.2 Å². The van der Waals surface area contributed by atoms with Gasteiger partial charge in [0.25, 0.3) is 0 Å². The Balaban J connectivity index is 2.49. The zero-order chi connectivity index (χ0) is 8.97. The summed E-state index contributed by atoms with van der Waals surface area (Å²) in [5.74, 6) is 0.960. The standard InChI is InChI=1S/C11H18O/c1-3-6-11(12)10-8-5-4-7-9(10)2/h3-4,7,9-12H,1,5-6,8H2,2H3. The molecule has 3 atom stereocenters. The highest BCUT2D eigenvalue weighted by molar-refractivity contribution is 4.97. The lowest BCUT2D eigenvalue weighted by Crippen LogP contribution is -2.26. The number of aliphatic hydroxyl groups excluding tert-OH is 1. The highest BCUT2D eigenvalue weighted by Crippen LogP contribution is 2.28. The molecule has 0 bridgehead atoms. The first-order valence-electron chi connectivity index (χ1n) is 4.71. The van der Waals surface area contributed by atoms with Crippen LogP contribution in [0.15, 0.2) is 24.8 Å². The second kappa shape index (κ2) is 4.46. The van der Waals surface area contributed by atoms with Gasteiger partial charge in [0.2, 0.25) is 0 Å². The molecule has 0 saturated carbocycles. The molecule has 0 fully saturated rings. The van der Waals surface area contributed by atoms with Crippen molar-refractivity contribution in [3.05, 3.63) is 24.8 Å². The van der Waals surface area contributed by atoms with Crippen LogP contribution in [-0.2, 0) is 0 Å². The van der Waals surface area contributed by atoms with Gasteiger partial charge in [-0.2, -0.15) is 0 Å². The molecule has 1 rings (SSSR count). The van der Waals surface area contributed by atoms with E-state index in [1.807, 2.05) is 0 Å². The van der Waals surface area contributed by atoms with Crippen LogP contribution >= 0.6 is 0 Å². The van der Waals surface area contributed by atoms with Gasteiger partial charge in [-0.15, -0.1) is 6.58 Å². The van der Waals surface area contributed by atoms with E-state index < -0.39 is 0 Å². The van der Waals surface area contributed by atoms with Crippen molar-refractivity contribution in [3.8, 4) is 0 Å². The zero-order valence-electron chi connectivity index (χ0n) is 7.74. The molecule has 3 unspecified atom stereocenters. The van der Waals surface area contributed by atoms with E-state index in [4.69, 9.17) is 0 Å². The molecule has 0 aromatic heterocycles. The van der Waals surface area contributed by atoms with Crippen LogP contribution in [0.25, 0.3) is 0 Å². The Morgan fingerprint density at radius 2 is 2.50 bits per heavy atom. The van der Waals surface area contributed by atoms with E-state index in [0.717, 1.165) is 19.3 Å². The van der Waals surface area contributed by atoms with Gasteiger partial charge in [0.05, 0.1) is 6.10 Å². The predicted octanol–water partition coefficient (Wildman–Crippen LogP) is 2.53. The van der Waals surface area contributed by atoms with Gasteiger partial charge in [-0.05, 0) is 31.1 Å². The summed E-state index contributed by atoms with van der Waals surface area (Å²) < 4.78 is 0. The van der Waals surface area contributed by atoms with Crippen molar-refractivity contribution in [2.24, 2.45) is 11.8 Å². The number of rotatable bonds is 3. The van der Waals surface area contributed by atoms with Gasteiger partial charge in [-0.25, -0.2) is 0 Å². The van der Waals surface area contributed by atoms with Crippen molar-refractivity contribution in [2.75, 3.05) is 0 Å². The number of hydrogen-bond acceptors (Lipinski definition) is 1. The Hall–Kier alpha value is -0.560. The lowest BCUT2D eigenvalue weighted by molar-refractivity contribution is 0.0829. The maximum Gasteiger partial charge on any atom is 0.0608 e. The third kappa shape index (κ3) is 2.21. The first kappa shape index (κ1) is 9.53. The summed E-state index contributed by atoms with van der Waals surface area (Å²) >= 11 is 0. The molecule has 1 nitrogen and oxygen atoms in total. The maximum absolute atomic E-state index is 9.74. The molecule has 1 heteroatoms. The highest BCUT2D eigenvalue weighted by atomic mass is 16.3. The molecule has 68 valence electrons. The minimum atomic E-state index is -0.192. The molecule has 0 aromatic carbocycles. The third-order valence-corrected chi connectivity index (χ3v) is 2.68. The van der Waals surface area contributed by atoms with Gasteiger partial charge < -0.3 is 5.11 Å². The van der Waals surface area contributed by atoms with E-state index in [-0.39, 0.29) is 6.10 Å². The molecule has 0 spiro atoms. The molecular weight excluding hydrogens is 148 g/mol. The number of hydrogen-bond donors (Lipinski definition) is 1. The Morgan fingerprint density at radius 3 is 3.08 bits per heavy atom. The lowest BCUT2D eigenvalue weighted by atomic mass is 9.80. The Bertz CT molecular complexity index is 172. The van der Waals surface area contributed by atoms with Gasteiger partial charge >= 0.3 is 0 Å². The van der Waals surface area contributed by atoms with Crippen LogP contribution in [0, 0.1) is 11.8 Å². The molecule has 0 aromatic rings. The Labute approximate surface area is 74.8 Å². The van der Waals surface area contributed by atoms with Crippen LogP contribution in [0.3, 0.4) is 0 Å². The summed E-state index contributed by atoms with van der Waals surface area (Å²) in [5, 5.41) is 9.74. The summed E-state index contributed by atoms with van der Waals surface area (Å²) in [4.78, 5) is 0. The van der Waals surface area contributed by atoms with E-state index in [0.29, 0.717) is 11.8 Å². The van der Waals surface area contributed by atoms with Gasteiger partial charge in [-0.1, -0.05) is 25.2 Å². The lowest BCUT2D eigenvalue weighted by Gasteiger charge is -2.28. The zero-order valence-corrected chi connectivity index (χ0v) is 7.74. The van der Waals surface area contributed by atoms with E-state index >= 15 is 0 Å². The van der Waals surface area contributed by atoms with Gasteiger partial charge in [0.1, 0.15) is 0 Å². The van der Waals surface area contributed by atoms with Crippen LogP contribution in [0.4, 0.5) is 0 Å². The van der Waals surface area contributed by atoms with Crippen LogP contribution in [0.5, 0.6) is 0 Å². The summed E-state index contributed by atoms with van der Waals surface area (Å²) in [6, 6.07) is 0. The minimum Gasteiger partial charge on any atom is -0.392 e.